The molecule has 0 saturated heterocycles. The first kappa shape index (κ1) is 23.0. The maximum atomic E-state index is 13.9. The second kappa shape index (κ2) is 9.85. The smallest absolute Gasteiger partial charge is 0.272 e. The number of aromatic nitrogens is 3. The van der Waals surface area contributed by atoms with Crippen LogP contribution in [0.2, 0.25) is 0 Å². The number of nitrogens with zero attached hydrogens (tertiary/aromatic N) is 3. The van der Waals surface area contributed by atoms with E-state index in [0.29, 0.717) is 21.1 Å². The zero-order chi connectivity index (χ0) is 24.4. The number of ether oxygens (including phenoxy) is 1. The van der Waals surface area contributed by atoms with Crippen LogP contribution in [0.3, 0.4) is 0 Å². The fraction of sp³-hybridized carbons (Fsp3) is 0.120. The summed E-state index contributed by atoms with van der Waals surface area (Å²) >= 11 is 2.42. The Morgan fingerprint density at radius 2 is 1.94 bits per heavy atom. The highest BCUT2D eigenvalue weighted by atomic mass is 32.2. The topological polar surface area (TPSA) is 86.1 Å². The predicted octanol–water partition coefficient (Wildman–Crippen LogP) is 4.93. The van der Waals surface area contributed by atoms with Gasteiger partial charge in [0.2, 0.25) is 5.91 Å². The van der Waals surface area contributed by atoms with E-state index in [1.165, 1.54) is 23.5 Å². The molecule has 5 aromatic rings. The van der Waals surface area contributed by atoms with Gasteiger partial charge in [0.05, 0.1) is 30.6 Å². The van der Waals surface area contributed by atoms with Gasteiger partial charge >= 0.3 is 0 Å². The molecule has 0 bridgehead atoms. The molecule has 0 spiro atoms. The van der Waals surface area contributed by atoms with Crippen LogP contribution in [0.5, 0.6) is 5.75 Å². The van der Waals surface area contributed by atoms with Crippen molar-refractivity contribution in [2.75, 3.05) is 18.2 Å². The van der Waals surface area contributed by atoms with Crippen molar-refractivity contribution in [2.24, 2.45) is 0 Å². The number of para-hydroxylation sites is 1. The van der Waals surface area contributed by atoms with Crippen LogP contribution in [0.25, 0.3) is 20.4 Å². The van der Waals surface area contributed by atoms with Gasteiger partial charge in [-0.1, -0.05) is 36.0 Å². The number of amides is 1. The first-order valence-corrected chi connectivity index (χ1v) is 12.4. The highest BCUT2D eigenvalue weighted by Crippen LogP contribution is 2.31. The number of fused-ring (bicyclic) bond motifs is 3. The van der Waals surface area contributed by atoms with Crippen LogP contribution in [0.4, 0.5) is 10.1 Å². The number of nitrogens with one attached hydrogen (secondary N) is 1. The van der Waals surface area contributed by atoms with E-state index in [1.807, 2.05) is 30.3 Å². The number of pyridine rings is 1. The number of carbonyl (C=O) groups excluding carboxylic acids is 1. The van der Waals surface area contributed by atoms with Crippen molar-refractivity contribution in [3.8, 4) is 5.75 Å². The average Bonchev–Trinajstić information content (AvgIpc) is 3.25. The summed E-state index contributed by atoms with van der Waals surface area (Å²) in [5.41, 5.74) is 1.34. The van der Waals surface area contributed by atoms with Crippen LogP contribution in [-0.2, 0) is 11.3 Å². The fourth-order valence-electron chi connectivity index (χ4n) is 3.58. The number of anilines is 1. The molecule has 176 valence electrons. The fourth-order valence-corrected chi connectivity index (χ4v) is 5.41. The molecular weight excluding hydrogens is 487 g/mol. The minimum atomic E-state index is -0.515. The molecule has 2 aromatic carbocycles. The molecular formula is C25H19FN4O3S2. The van der Waals surface area contributed by atoms with Crippen LogP contribution in [0, 0.1) is 5.82 Å². The molecule has 0 atom stereocenters. The van der Waals surface area contributed by atoms with Crippen LogP contribution >= 0.6 is 23.1 Å². The maximum Gasteiger partial charge on any atom is 0.272 e. The zero-order valence-electron chi connectivity index (χ0n) is 18.5. The van der Waals surface area contributed by atoms with E-state index in [-0.39, 0.29) is 23.5 Å². The molecule has 5 rings (SSSR count). The normalized spacial score (nSPS) is 11.1. The standard InChI is InChI=1S/C25H19FN4O3S2/c1-33-16-10-8-15(9-11-16)13-30-24(32)22-21(17-5-4-12-27-23(17)35-22)29-25(30)34-14-20(31)28-19-7-3-2-6-18(19)26/h2-12H,13-14H2,1H3,(H,28,31). The summed E-state index contributed by atoms with van der Waals surface area (Å²) < 4.78 is 21.2. The Kier molecular flexibility index (Phi) is 6.47. The molecule has 0 aliphatic carbocycles. The van der Waals surface area contributed by atoms with E-state index >= 15 is 0 Å². The highest BCUT2D eigenvalue weighted by molar-refractivity contribution is 7.99. The molecule has 1 N–H and O–H groups in total. The Morgan fingerprint density at radius 1 is 1.14 bits per heavy atom. The second-order valence-corrected chi connectivity index (χ2v) is 9.53. The van der Waals surface area contributed by atoms with Crippen LogP contribution in [-0.4, -0.2) is 33.3 Å². The molecule has 10 heteroatoms. The first-order valence-electron chi connectivity index (χ1n) is 10.6. The number of halogens is 1. The molecule has 3 aromatic heterocycles. The summed E-state index contributed by atoms with van der Waals surface area (Å²) in [7, 11) is 1.59. The third kappa shape index (κ3) is 4.75. The van der Waals surface area contributed by atoms with E-state index < -0.39 is 11.7 Å². The molecule has 3 heterocycles. The van der Waals surface area contributed by atoms with Gasteiger partial charge < -0.3 is 10.1 Å². The molecule has 0 unspecified atom stereocenters. The summed E-state index contributed by atoms with van der Waals surface area (Å²) in [6.45, 7) is 0.269. The largest absolute Gasteiger partial charge is 0.497 e. The quantitative estimate of drug-likeness (QED) is 0.249. The molecule has 1 amide bonds. The number of benzene rings is 2. The van der Waals surface area contributed by atoms with E-state index in [0.717, 1.165) is 27.5 Å². The van der Waals surface area contributed by atoms with Crippen molar-refractivity contribution >= 4 is 55.1 Å². The number of thioether (sulfide) groups is 1. The van der Waals surface area contributed by atoms with Gasteiger partial charge in [-0.05, 0) is 42.0 Å². The summed E-state index contributed by atoms with van der Waals surface area (Å²) in [6, 6.07) is 17.0. The van der Waals surface area contributed by atoms with Crippen molar-refractivity contribution in [1.82, 2.24) is 14.5 Å². The van der Waals surface area contributed by atoms with Gasteiger partial charge in [0.15, 0.2) is 5.16 Å². The second-order valence-electron chi connectivity index (χ2n) is 7.59. The van der Waals surface area contributed by atoms with Crippen LogP contribution in [0.15, 0.2) is 76.8 Å². The lowest BCUT2D eigenvalue weighted by atomic mass is 10.2. The summed E-state index contributed by atoms with van der Waals surface area (Å²) in [5.74, 6) is -0.249. The minimum Gasteiger partial charge on any atom is -0.497 e. The third-order valence-electron chi connectivity index (χ3n) is 5.30. The first-order chi connectivity index (χ1) is 17.0. The Morgan fingerprint density at radius 3 is 2.71 bits per heavy atom. The number of methoxy groups -OCH3 is 1. The van der Waals surface area contributed by atoms with Gasteiger partial charge in [0, 0.05) is 11.6 Å². The summed E-state index contributed by atoms with van der Waals surface area (Å²) in [6.07, 6.45) is 1.68. The van der Waals surface area contributed by atoms with Crippen molar-refractivity contribution in [3.63, 3.8) is 0 Å². The van der Waals surface area contributed by atoms with Gasteiger partial charge in [0.1, 0.15) is 21.1 Å². The Hall–Kier alpha value is -3.76. The highest BCUT2D eigenvalue weighted by Gasteiger charge is 2.18. The van der Waals surface area contributed by atoms with Crippen LogP contribution < -0.4 is 15.6 Å². The SMILES string of the molecule is COc1ccc(Cn2c(SCC(=O)Nc3ccccc3F)nc3c(sc4ncccc43)c2=O)cc1. The molecule has 0 radical (unpaired) electrons. The van der Waals surface area contributed by atoms with Gasteiger partial charge in [-0.2, -0.15) is 0 Å². The van der Waals surface area contributed by atoms with Gasteiger partial charge in [-0.15, -0.1) is 11.3 Å². The molecule has 0 fully saturated rings. The summed E-state index contributed by atoms with van der Waals surface area (Å²) in [4.78, 5) is 36.0. The third-order valence-corrected chi connectivity index (χ3v) is 7.37. The number of hydrogen-bond donors (Lipinski definition) is 1. The Bertz CT molecular complexity index is 1600. The van der Waals surface area contributed by atoms with Gasteiger partial charge in [-0.25, -0.2) is 14.4 Å². The lowest BCUT2D eigenvalue weighted by molar-refractivity contribution is -0.113. The number of thiophene rings is 1. The maximum absolute atomic E-state index is 13.9. The Balaban J connectivity index is 1.51. The van der Waals surface area contributed by atoms with Crippen LogP contribution in [0.1, 0.15) is 5.56 Å². The average molecular weight is 507 g/mol. The van der Waals surface area contributed by atoms with Crippen molar-refractivity contribution < 1.29 is 13.9 Å². The van der Waals surface area contributed by atoms with E-state index in [2.05, 4.69) is 10.3 Å². The van der Waals surface area contributed by atoms with Crippen molar-refractivity contribution in [1.29, 1.82) is 0 Å². The number of carbonyl (C=O) groups is 1. The minimum absolute atomic E-state index is 0.0464. The lowest BCUT2D eigenvalue weighted by Crippen LogP contribution is -2.24. The van der Waals surface area contributed by atoms with E-state index in [1.54, 1.807) is 36.1 Å². The molecule has 0 aliphatic rings. The van der Waals surface area contributed by atoms with Gasteiger partial charge in [0.25, 0.3) is 5.56 Å². The molecule has 0 aliphatic heterocycles. The van der Waals surface area contributed by atoms with Gasteiger partial charge in [-0.3, -0.25) is 14.2 Å². The Labute approximate surface area is 207 Å². The molecule has 35 heavy (non-hydrogen) atoms. The monoisotopic (exact) mass is 506 g/mol. The molecule has 7 nitrogen and oxygen atoms in total. The van der Waals surface area contributed by atoms with E-state index in [4.69, 9.17) is 9.72 Å². The summed E-state index contributed by atoms with van der Waals surface area (Å²) in [5, 5.41) is 3.75. The molecule has 0 saturated carbocycles. The lowest BCUT2D eigenvalue weighted by Gasteiger charge is -2.13. The van der Waals surface area contributed by atoms with Crippen molar-refractivity contribution in [3.05, 3.63) is 88.6 Å². The van der Waals surface area contributed by atoms with Crippen molar-refractivity contribution in [2.45, 2.75) is 11.7 Å². The number of hydrogen-bond acceptors (Lipinski definition) is 7. The predicted molar refractivity (Wildman–Crippen MR) is 137 cm³/mol. The zero-order valence-corrected chi connectivity index (χ0v) is 20.2. The van der Waals surface area contributed by atoms with E-state index in [9.17, 15) is 14.0 Å². The number of rotatable bonds is 7.